The molecule has 2 N–H and O–H groups in total. The molecule has 0 amide bonds. The minimum atomic E-state index is -0.420. The lowest BCUT2D eigenvalue weighted by Gasteiger charge is -2.32. The molecule has 3 rings (SSSR count). The van der Waals surface area contributed by atoms with E-state index in [1.165, 1.54) is 0 Å². The van der Waals surface area contributed by atoms with E-state index in [-0.39, 0.29) is 11.2 Å². The van der Waals surface area contributed by atoms with Gasteiger partial charge in [0.2, 0.25) is 0 Å². The molecule has 0 spiro atoms. The third kappa shape index (κ3) is 2.80. The molecule has 1 aliphatic carbocycles. The lowest BCUT2D eigenvalue weighted by molar-refractivity contribution is 0.00578. The Hall–Kier alpha value is -1.11. The van der Waals surface area contributed by atoms with Gasteiger partial charge in [0, 0.05) is 18.2 Å². The van der Waals surface area contributed by atoms with Crippen molar-refractivity contribution in [1.82, 2.24) is 4.98 Å². The Balaban J connectivity index is 1.86. The molecule has 0 aromatic carbocycles. The number of aromatic nitrogens is 1. The Labute approximate surface area is 126 Å². The molecule has 1 aromatic heterocycles. The van der Waals surface area contributed by atoms with Gasteiger partial charge in [-0.25, -0.2) is 0 Å². The van der Waals surface area contributed by atoms with Gasteiger partial charge in [0.15, 0.2) is 0 Å². The first kappa shape index (κ1) is 14.8. The van der Waals surface area contributed by atoms with Crippen LogP contribution in [0.2, 0.25) is 0 Å². The third-order valence-corrected chi connectivity index (χ3v) is 4.49. The fourth-order valence-corrected chi connectivity index (χ4v) is 2.22. The van der Waals surface area contributed by atoms with E-state index in [1.807, 2.05) is 33.8 Å². The number of hydrogen-bond acceptors (Lipinski definition) is 5. The fourth-order valence-electron chi connectivity index (χ4n) is 2.22. The summed E-state index contributed by atoms with van der Waals surface area (Å²) in [6.07, 6.45) is 4.28. The minimum Gasteiger partial charge on any atom is -0.488 e. The van der Waals surface area contributed by atoms with Gasteiger partial charge in [-0.05, 0) is 46.6 Å². The molecule has 5 nitrogen and oxygen atoms in total. The number of rotatable bonds is 4. The van der Waals surface area contributed by atoms with Crippen molar-refractivity contribution in [3.05, 3.63) is 18.0 Å². The Bertz CT molecular complexity index is 528. The van der Waals surface area contributed by atoms with Gasteiger partial charge in [0.05, 0.1) is 23.0 Å². The summed E-state index contributed by atoms with van der Waals surface area (Å²) in [5.74, 6) is 0.757. The number of ether oxygens (including phenoxy) is 1. The normalized spacial score (nSPS) is 23.4. The smallest absolute Gasteiger partial charge is 0.488 e. The maximum absolute atomic E-state index is 6.05. The summed E-state index contributed by atoms with van der Waals surface area (Å²) < 4.78 is 18.0. The summed E-state index contributed by atoms with van der Waals surface area (Å²) in [4.78, 5) is 4.41. The number of nitrogens with two attached hydrogens (primary N) is 1. The van der Waals surface area contributed by atoms with E-state index in [0.717, 1.165) is 29.7 Å². The summed E-state index contributed by atoms with van der Waals surface area (Å²) in [7, 11) is -0.420. The Morgan fingerprint density at radius 2 is 1.90 bits per heavy atom. The highest BCUT2D eigenvalue weighted by atomic mass is 16.7. The molecule has 1 aliphatic heterocycles. The molecule has 114 valence electrons. The van der Waals surface area contributed by atoms with Gasteiger partial charge < -0.3 is 19.8 Å². The van der Waals surface area contributed by atoms with Gasteiger partial charge in [0.1, 0.15) is 5.75 Å². The molecule has 0 bridgehead atoms. The van der Waals surface area contributed by atoms with E-state index in [1.54, 1.807) is 6.20 Å². The van der Waals surface area contributed by atoms with Crippen LogP contribution in [0.1, 0.15) is 46.2 Å². The van der Waals surface area contributed by atoms with Crippen molar-refractivity contribution in [1.29, 1.82) is 0 Å². The molecule has 6 heteroatoms. The lowest BCUT2D eigenvalue weighted by Crippen LogP contribution is -2.41. The number of hydrogen-bond donors (Lipinski definition) is 1. The quantitative estimate of drug-likeness (QED) is 0.849. The summed E-state index contributed by atoms with van der Waals surface area (Å²) in [5, 5.41) is 0. The average molecular weight is 290 g/mol. The van der Waals surface area contributed by atoms with Crippen LogP contribution in [-0.4, -0.2) is 29.4 Å². The maximum Gasteiger partial charge on any atom is 0.496 e. The highest BCUT2D eigenvalue weighted by molar-refractivity contribution is 6.62. The lowest BCUT2D eigenvalue weighted by atomic mass is 9.80. The molecule has 1 saturated heterocycles. The molecule has 0 unspecified atom stereocenters. The molecular weight excluding hydrogens is 267 g/mol. The van der Waals surface area contributed by atoms with Gasteiger partial charge in [-0.15, -0.1) is 0 Å². The van der Waals surface area contributed by atoms with Crippen molar-refractivity contribution in [3.63, 3.8) is 0 Å². The SMILES string of the molecule is CC1(C)OB(c2cnc(CN)c(OC3CC3)c2)OC1(C)C. The Morgan fingerprint density at radius 1 is 1.29 bits per heavy atom. The predicted octanol–water partition coefficient (Wildman–Crippen LogP) is 1.38. The fraction of sp³-hybridized carbons (Fsp3) is 0.667. The van der Waals surface area contributed by atoms with Crippen molar-refractivity contribution in [3.8, 4) is 5.75 Å². The second kappa shape index (κ2) is 4.97. The minimum absolute atomic E-state index is 0.311. The third-order valence-electron chi connectivity index (χ3n) is 4.49. The van der Waals surface area contributed by atoms with E-state index in [9.17, 15) is 0 Å². The standard InChI is InChI=1S/C15H23BN2O3/c1-14(2)15(3,4)21-16(20-14)10-7-13(19-11-5-6-11)12(8-17)18-9-10/h7,9,11H,5-6,8,17H2,1-4H3. The largest absolute Gasteiger partial charge is 0.496 e. The van der Waals surface area contributed by atoms with E-state index in [4.69, 9.17) is 19.8 Å². The maximum atomic E-state index is 6.05. The van der Waals surface area contributed by atoms with E-state index >= 15 is 0 Å². The molecule has 2 aliphatic rings. The van der Waals surface area contributed by atoms with Crippen molar-refractivity contribution < 1.29 is 14.0 Å². The van der Waals surface area contributed by atoms with Gasteiger partial charge in [-0.3, -0.25) is 4.98 Å². The van der Waals surface area contributed by atoms with Crippen LogP contribution in [-0.2, 0) is 15.9 Å². The molecule has 21 heavy (non-hydrogen) atoms. The Morgan fingerprint density at radius 3 is 2.43 bits per heavy atom. The van der Waals surface area contributed by atoms with E-state index in [0.29, 0.717) is 12.6 Å². The van der Waals surface area contributed by atoms with Crippen molar-refractivity contribution in [2.24, 2.45) is 5.73 Å². The highest BCUT2D eigenvalue weighted by Crippen LogP contribution is 2.37. The summed E-state index contributed by atoms with van der Waals surface area (Å²) >= 11 is 0. The van der Waals surface area contributed by atoms with E-state index < -0.39 is 7.12 Å². The highest BCUT2D eigenvalue weighted by Gasteiger charge is 2.52. The molecule has 1 saturated carbocycles. The first-order chi connectivity index (χ1) is 9.82. The van der Waals surface area contributed by atoms with Crippen molar-refractivity contribution in [2.75, 3.05) is 0 Å². The van der Waals surface area contributed by atoms with Crippen LogP contribution in [0.5, 0.6) is 5.75 Å². The van der Waals surface area contributed by atoms with Gasteiger partial charge in [-0.1, -0.05) is 0 Å². The summed E-state index contributed by atoms with van der Waals surface area (Å²) in [5.41, 5.74) is 6.67. The van der Waals surface area contributed by atoms with Gasteiger partial charge >= 0.3 is 7.12 Å². The first-order valence-electron chi connectivity index (χ1n) is 7.53. The Kier molecular flexibility index (Phi) is 3.51. The van der Waals surface area contributed by atoms with Crippen LogP contribution in [0.3, 0.4) is 0 Å². The first-order valence-corrected chi connectivity index (χ1v) is 7.53. The monoisotopic (exact) mass is 290 g/mol. The zero-order chi connectivity index (χ0) is 15.3. The zero-order valence-electron chi connectivity index (χ0n) is 13.2. The van der Waals surface area contributed by atoms with Crippen molar-refractivity contribution in [2.45, 2.75) is 64.4 Å². The number of nitrogens with zero attached hydrogens (tertiary/aromatic N) is 1. The summed E-state index contributed by atoms with van der Waals surface area (Å²) in [6.45, 7) is 8.52. The molecule has 0 radical (unpaired) electrons. The molecule has 2 fully saturated rings. The van der Waals surface area contributed by atoms with Crippen LogP contribution in [0.25, 0.3) is 0 Å². The topological polar surface area (TPSA) is 66.6 Å². The molecule has 1 aromatic rings. The molecule has 2 heterocycles. The second-order valence-corrected chi connectivity index (χ2v) is 6.82. The zero-order valence-corrected chi connectivity index (χ0v) is 13.2. The number of pyridine rings is 1. The predicted molar refractivity (Wildman–Crippen MR) is 81.5 cm³/mol. The van der Waals surface area contributed by atoms with Crippen molar-refractivity contribution >= 4 is 12.6 Å². The van der Waals surface area contributed by atoms with Gasteiger partial charge in [0.25, 0.3) is 0 Å². The van der Waals surface area contributed by atoms with Crippen LogP contribution in [0.4, 0.5) is 0 Å². The van der Waals surface area contributed by atoms with Crippen LogP contribution in [0, 0.1) is 0 Å². The van der Waals surface area contributed by atoms with E-state index in [2.05, 4.69) is 4.98 Å². The van der Waals surface area contributed by atoms with Gasteiger partial charge in [-0.2, -0.15) is 0 Å². The summed E-state index contributed by atoms with van der Waals surface area (Å²) in [6, 6.07) is 1.95. The van der Waals surface area contributed by atoms with Crippen LogP contribution >= 0.6 is 0 Å². The molecular formula is C15H23BN2O3. The van der Waals surface area contributed by atoms with Crippen LogP contribution < -0.4 is 15.9 Å². The average Bonchev–Trinajstić information content (AvgIpc) is 3.17. The molecule has 0 atom stereocenters. The second-order valence-electron chi connectivity index (χ2n) is 6.82. The van der Waals surface area contributed by atoms with Crippen LogP contribution in [0.15, 0.2) is 12.3 Å².